The number of hydrogen-bond donors (Lipinski definition) is 1. The fourth-order valence-electron chi connectivity index (χ4n) is 2.87. The molecule has 0 unspecified atom stereocenters. The number of carbonyl (C=O) groups is 1. The molecule has 25 heavy (non-hydrogen) atoms. The van der Waals surface area contributed by atoms with E-state index in [0.29, 0.717) is 11.7 Å². The van der Waals surface area contributed by atoms with Gasteiger partial charge in [-0.2, -0.15) is 0 Å². The third kappa shape index (κ3) is 4.66. The molecule has 0 bridgehead atoms. The summed E-state index contributed by atoms with van der Waals surface area (Å²) < 4.78 is 11.1. The van der Waals surface area contributed by atoms with Crippen molar-refractivity contribution in [2.24, 2.45) is 0 Å². The van der Waals surface area contributed by atoms with Gasteiger partial charge in [-0.25, -0.2) is 4.98 Å². The monoisotopic (exact) mass is 360 g/mol. The highest BCUT2D eigenvalue weighted by Crippen LogP contribution is 2.28. The third-order valence-electron chi connectivity index (χ3n) is 4.32. The highest BCUT2D eigenvalue weighted by atomic mass is 32.1. The van der Waals surface area contributed by atoms with Gasteiger partial charge in [-0.1, -0.05) is 23.8 Å². The largest absolute Gasteiger partial charge is 0.376 e. The molecule has 2 heterocycles. The van der Waals surface area contributed by atoms with Gasteiger partial charge in [0.2, 0.25) is 0 Å². The first-order valence-electron chi connectivity index (χ1n) is 8.60. The van der Waals surface area contributed by atoms with Crippen LogP contribution in [0, 0.1) is 13.8 Å². The van der Waals surface area contributed by atoms with Crippen molar-refractivity contribution in [2.75, 3.05) is 18.5 Å². The number of rotatable bonds is 6. The van der Waals surface area contributed by atoms with Crippen LogP contribution in [0.3, 0.4) is 0 Å². The van der Waals surface area contributed by atoms with E-state index in [9.17, 15) is 4.79 Å². The lowest BCUT2D eigenvalue weighted by molar-refractivity contribution is -0.128. The molecule has 1 saturated heterocycles. The van der Waals surface area contributed by atoms with Gasteiger partial charge >= 0.3 is 0 Å². The molecule has 3 rings (SSSR count). The summed E-state index contributed by atoms with van der Waals surface area (Å²) in [6.45, 7) is 7.14. The van der Waals surface area contributed by atoms with E-state index in [0.717, 1.165) is 30.7 Å². The Morgan fingerprint density at radius 3 is 3.04 bits per heavy atom. The second-order valence-electron chi connectivity index (χ2n) is 6.46. The SMILES string of the molecule is Cc1ccc(-c2csc(NC(=O)[C@@H](C)OC[C@@H]3CCCO3)n2)c(C)c1. The minimum atomic E-state index is -0.530. The molecule has 1 amide bonds. The number of aromatic nitrogens is 1. The average Bonchev–Trinajstić information content (AvgIpc) is 3.24. The van der Waals surface area contributed by atoms with Gasteiger partial charge in [0.15, 0.2) is 5.13 Å². The van der Waals surface area contributed by atoms with E-state index >= 15 is 0 Å². The van der Waals surface area contributed by atoms with Crippen LogP contribution >= 0.6 is 11.3 Å². The molecule has 5 nitrogen and oxygen atoms in total. The summed E-state index contributed by atoms with van der Waals surface area (Å²) in [6, 6.07) is 6.27. The van der Waals surface area contributed by atoms with Gasteiger partial charge in [0.1, 0.15) is 6.10 Å². The Morgan fingerprint density at radius 2 is 2.32 bits per heavy atom. The van der Waals surface area contributed by atoms with Crippen LogP contribution in [0.4, 0.5) is 5.13 Å². The number of nitrogens with zero attached hydrogens (tertiary/aromatic N) is 1. The smallest absolute Gasteiger partial charge is 0.254 e. The number of hydrogen-bond acceptors (Lipinski definition) is 5. The van der Waals surface area contributed by atoms with Crippen LogP contribution in [-0.2, 0) is 14.3 Å². The summed E-state index contributed by atoms with van der Waals surface area (Å²) >= 11 is 1.42. The van der Waals surface area contributed by atoms with Crippen molar-refractivity contribution in [3.8, 4) is 11.3 Å². The summed E-state index contributed by atoms with van der Waals surface area (Å²) in [4.78, 5) is 16.8. The highest BCUT2D eigenvalue weighted by Gasteiger charge is 2.20. The van der Waals surface area contributed by atoms with Crippen molar-refractivity contribution in [1.82, 2.24) is 4.98 Å². The molecular weight excluding hydrogens is 336 g/mol. The number of amides is 1. The molecule has 0 spiro atoms. The molecule has 1 fully saturated rings. The third-order valence-corrected chi connectivity index (χ3v) is 5.08. The normalized spacial score (nSPS) is 18.3. The lowest BCUT2D eigenvalue weighted by Crippen LogP contribution is -2.30. The number of aryl methyl sites for hydroxylation is 2. The summed E-state index contributed by atoms with van der Waals surface area (Å²) in [5.74, 6) is -0.181. The number of thiazole rings is 1. The quantitative estimate of drug-likeness (QED) is 0.847. The maximum absolute atomic E-state index is 12.3. The fourth-order valence-corrected chi connectivity index (χ4v) is 3.58. The molecule has 1 aliphatic heterocycles. The Kier molecular flexibility index (Phi) is 5.83. The van der Waals surface area contributed by atoms with Gasteiger partial charge in [-0.05, 0) is 39.2 Å². The molecule has 6 heteroatoms. The van der Waals surface area contributed by atoms with Gasteiger partial charge in [-0.3, -0.25) is 10.1 Å². The van der Waals surface area contributed by atoms with Crippen molar-refractivity contribution in [3.05, 3.63) is 34.7 Å². The summed E-state index contributed by atoms with van der Waals surface area (Å²) in [5.41, 5.74) is 4.37. The Hall–Kier alpha value is -1.76. The molecular formula is C19H24N2O3S. The molecule has 0 saturated carbocycles. The van der Waals surface area contributed by atoms with Gasteiger partial charge in [0.25, 0.3) is 5.91 Å². The van der Waals surface area contributed by atoms with Gasteiger partial charge in [0.05, 0.1) is 18.4 Å². The zero-order valence-electron chi connectivity index (χ0n) is 14.9. The zero-order chi connectivity index (χ0) is 17.8. The van der Waals surface area contributed by atoms with Gasteiger partial charge in [-0.15, -0.1) is 11.3 Å². The first-order valence-corrected chi connectivity index (χ1v) is 9.48. The van der Waals surface area contributed by atoms with Crippen molar-refractivity contribution in [1.29, 1.82) is 0 Å². The van der Waals surface area contributed by atoms with Crippen molar-refractivity contribution in [3.63, 3.8) is 0 Å². The summed E-state index contributed by atoms with van der Waals surface area (Å²) in [7, 11) is 0. The van der Waals surface area contributed by atoms with Crippen LogP contribution in [0.15, 0.2) is 23.6 Å². The van der Waals surface area contributed by atoms with Gasteiger partial charge < -0.3 is 9.47 Å². The molecule has 134 valence electrons. The number of carbonyl (C=O) groups excluding carboxylic acids is 1. The lowest BCUT2D eigenvalue weighted by Gasteiger charge is -2.15. The lowest BCUT2D eigenvalue weighted by atomic mass is 10.0. The van der Waals surface area contributed by atoms with Crippen LogP contribution in [-0.4, -0.2) is 36.3 Å². The molecule has 1 aromatic carbocycles. The number of benzene rings is 1. The van der Waals surface area contributed by atoms with E-state index in [1.807, 2.05) is 5.38 Å². The molecule has 0 aliphatic carbocycles. The maximum atomic E-state index is 12.3. The van der Waals surface area contributed by atoms with Crippen LogP contribution in [0.25, 0.3) is 11.3 Å². The van der Waals surface area contributed by atoms with Crippen LogP contribution in [0.5, 0.6) is 0 Å². The van der Waals surface area contributed by atoms with E-state index in [4.69, 9.17) is 9.47 Å². The van der Waals surface area contributed by atoms with E-state index in [2.05, 4.69) is 42.3 Å². The van der Waals surface area contributed by atoms with Crippen LogP contribution in [0.2, 0.25) is 0 Å². The predicted octanol–water partition coefficient (Wildman–Crippen LogP) is 3.95. The Labute approximate surface area is 152 Å². The molecule has 1 aromatic heterocycles. The minimum Gasteiger partial charge on any atom is -0.376 e. The zero-order valence-corrected chi connectivity index (χ0v) is 15.7. The van der Waals surface area contributed by atoms with Crippen molar-refractivity contribution < 1.29 is 14.3 Å². The highest BCUT2D eigenvalue weighted by molar-refractivity contribution is 7.14. The second kappa shape index (κ2) is 8.08. The molecule has 1 aliphatic rings. The Balaban J connectivity index is 1.57. The van der Waals surface area contributed by atoms with Crippen molar-refractivity contribution >= 4 is 22.4 Å². The molecule has 2 atom stereocenters. The molecule has 2 aromatic rings. The van der Waals surface area contributed by atoms with Gasteiger partial charge in [0, 0.05) is 17.6 Å². The Bertz CT molecular complexity index is 738. The average molecular weight is 360 g/mol. The van der Waals surface area contributed by atoms with E-state index in [-0.39, 0.29) is 12.0 Å². The van der Waals surface area contributed by atoms with Crippen LogP contribution < -0.4 is 5.32 Å². The number of anilines is 1. The maximum Gasteiger partial charge on any atom is 0.254 e. The first kappa shape index (κ1) is 18.0. The molecule has 0 radical (unpaired) electrons. The predicted molar refractivity (Wildman–Crippen MR) is 100 cm³/mol. The fraction of sp³-hybridized carbons (Fsp3) is 0.474. The topological polar surface area (TPSA) is 60.5 Å². The van der Waals surface area contributed by atoms with E-state index in [1.54, 1.807) is 6.92 Å². The van der Waals surface area contributed by atoms with Crippen molar-refractivity contribution in [2.45, 2.75) is 45.8 Å². The summed E-state index contributed by atoms with van der Waals surface area (Å²) in [5, 5.41) is 5.39. The summed E-state index contributed by atoms with van der Waals surface area (Å²) in [6.07, 6.45) is 1.65. The van der Waals surface area contributed by atoms with E-state index in [1.165, 1.54) is 22.5 Å². The molecule has 1 N–H and O–H groups in total. The van der Waals surface area contributed by atoms with E-state index < -0.39 is 6.10 Å². The number of ether oxygens (including phenoxy) is 2. The Morgan fingerprint density at radius 1 is 1.48 bits per heavy atom. The second-order valence-corrected chi connectivity index (χ2v) is 7.31. The number of nitrogens with one attached hydrogen (secondary N) is 1. The van der Waals surface area contributed by atoms with Crippen LogP contribution in [0.1, 0.15) is 30.9 Å². The minimum absolute atomic E-state index is 0.117. The first-order chi connectivity index (χ1) is 12.0. The standard InChI is InChI=1S/C19H24N2O3S/c1-12-6-7-16(13(2)9-12)17-11-25-19(20-17)21-18(22)14(3)24-10-15-5-4-8-23-15/h6-7,9,11,14-15H,4-5,8,10H2,1-3H3,(H,20,21,22)/t14-,15+/m1/s1.